The van der Waals surface area contributed by atoms with E-state index in [-0.39, 0.29) is 18.2 Å². The molecule has 3 aromatic heterocycles. The number of hydrogen-bond acceptors (Lipinski definition) is 7. The third-order valence-electron chi connectivity index (χ3n) is 5.63. The second kappa shape index (κ2) is 8.19. The third kappa shape index (κ3) is 3.67. The molecule has 4 heterocycles. The summed E-state index contributed by atoms with van der Waals surface area (Å²) in [5, 5.41) is 20.1. The number of fused-ring (bicyclic) bond motifs is 2. The molecule has 170 valence electrons. The monoisotopic (exact) mass is 447 g/mol. The van der Waals surface area contributed by atoms with Crippen LogP contribution in [0.25, 0.3) is 11.5 Å². The summed E-state index contributed by atoms with van der Waals surface area (Å²) in [6, 6.07) is 9.39. The lowest BCUT2D eigenvalue weighted by molar-refractivity contribution is -0.116. The van der Waals surface area contributed by atoms with Crippen molar-refractivity contribution in [2.45, 2.75) is 33.1 Å². The van der Waals surface area contributed by atoms with E-state index in [2.05, 4.69) is 34.5 Å². The predicted molar refractivity (Wildman–Crippen MR) is 121 cm³/mol. The van der Waals surface area contributed by atoms with E-state index in [4.69, 9.17) is 14.6 Å². The van der Waals surface area contributed by atoms with E-state index in [0.717, 1.165) is 16.8 Å². The first kappa shape index (κ1) is 20.9. The summed E-state index contributed by atoms with van der Waals surface area (Å²) in [5.74, 6) is 2.47. The number of ether oxygens (including phenoxy) is 2. The first-order valence-electron chi connectivity index (χ1n) is 10.8. The Labute approximate surface area is 190 Å². The summed E-state index contributed by atoms with van der Waals surface area (Å²) in [6.07, 6.45) is 1.81. The molecule has 1 amide bonds. The summed E-state index contributed by atoms with van der Waals surface area (Å²) in [5.41, 5.74) is 3.26. The highest BCUT2D eigenvalue weighted by atomic mass is 16.5. The molecule has 0 saturated heterocycles. The van der Waals surface area contributed by atoms with E-state index in [1.165, 1.54) is 6.33 Å². The second-order valence-electron chi connectivity index (χ2n) is 8.47. The number of benzene rings is 1. The van der Waals surface area contributed by atoms with Gasteiger partial charge in [0.2, 0.25) is 5.91 Å². The molecule has 33 heavy (non-hydrogen) atoms. The molecule has 1 atom stereocenters. The minimum atomic E-state index is -0.238. The van der Waals surface area contributed by atoms with Crippen LogP contribution < -0.4 is 14.8 Å². The highest BCUT2D eigenvalue weighted by Gasteiger charge is 2.35. The topological polar surface area (TPSA) is 108 Å². The fourth-order valence-electron chi connectivity index (χ4n) is 4.18. The number of nitrogens with one attached hydrogen (secondary N) is 1. The Bertz CT molecular complexity index is 1340. The molecule has 0 fully saturated rings. The second-order valence-corrected chi connectivity index (χ2v) is 8.47. The van der Waals surface area contributed by atoms with Crippen molar-refractivity contribution < 1.29 is 14.3 Å². The molecule has 0 aliphatic carbocycles. The van der Waals surface area contributed by atoms with Gasteiger partial charge in [0.15, 0.2) is 23.0 Å². The van der Waals surface area contributed by atoms with E-state index in [9.17, 15) is 4.79 Å². The maximum atomic E-state index is 12.8. The van der Waals surface area contributed by atoms with Crippen LogP contribution in [-0.4, -0.2) is 49.2 Å². The van der Waals surface area contributed by atoms with Gasteiger partial charge in [-0.05, 0) is 31.0 Å². The van der Waals surface area contributed by atoms with E-state index in [1.807, 2.05) is 25.1 Å². The van der Waals surface area contributed by atoms with Gasteiger partial charge in [0.1, 0.15) is 12.1 Å². The lowest BCUT2D eigenvalue weighted by Gasteiger charge is -2.27. The highest BCUT2D eigenvalue weighted by Crippen LogP contribution is 2.45. The zero-order valence-electron chi connectivity index (χ0n) is 18.9. The van der Waals surface area contributed by atoms with Crippen molar-refractivity contribution >= 4 is 17.4 Å². The van der Waals surface area contributed by atoms with Gasteiger partial charge in [-0.15, -0.1) is 15.3 Å². The van der Waals surface area contributed by atoms with Gasteiger partial charge in [-0.2, -0.15) is 14.3 Å². The molecule has 0 saturated carbocycles. The average molecular weight is 447 g/mol. The van der Waals surface area contributed by atoms with Crippen LogP contribution in [0.4, 0.5) is 5.82 Å². The Morgan fingerprint density at radius 1 is 1.21 bits per heavy atom. The lowest BCUT2D eigenvalue weighted by Crippen LogP contribution is -2.25. The molecule has 0 unspecified atom stereocenters. The fourth-order valence-corrected chi connectivity index (χ4v) is 4.18. The number of amides is 1. The van der Waals surface area contributed by atoms with Gasteiger partial charge in [-0.3, -0.25) is 4.79 Å². The number of anilines is 1. The summed E-state index contributed by atoms with van der Waals surface area (Å²) < 4.78 is 15.0. The van der Waals surface area contributed by atoms with Gasteiger partial charge in [-0.25, -0.2) is 0 Å². The van der Waals surface area contributed by atoms with Crippen LogP contribution in [0.5, 0.6) is 11.5 Å². The minimum absolute atomic E-state index is 0.100. The van der Waals surface area contributed by atoms with Crippen molar-refractivity contribution in [3.8, 4) is 17.3 Å². The molecule has 0 spiro atoms. The minimum Gasteiger partial charge on any atom is -0.493 e. The third-order valence-corrected chi connectivity index (χ3v) is 5.63. The first-order chi connectivity index (χ1) is 16.0. The largest absolute Gasteiger partial charge is 0.493 e. The molecule has 10 nitrogen and oxygen atoms in total. The number of carbonyl (C=O) groups excluding carboxylic acids is 1. The van der Waals surface area contributed by atoms with E-state index < -0.39 is 0 Å². The number of carbonyl (C=O) groups is 1. The number of methoxy groups -OCH3 is 1. The van der Waals surface area contributed by atoms with Crippen LogP contribution in [-0.2, 0) is 4.79 Å². The fraction of sp³-hybridized carbons (Fsp3) is 0.348. The summed E-state index contributed by atoms with van der Waals surface area (Å²) in [6.45, 7) is 6.66. The van der Waals surface area contributed by atoms with Gasteiger partial charge < -0.3 is 14.8 Å². The van der Waals surface area contributed by atoms with E-state index >= 15 is 0 Å². The van der Waals surface area contributed by atoms with Crippen LogP contribution in [0.1, 0.15) is 43.0 Å². The number of hydrogen-bond donors (Lipinski definition) is 1. The van der Waals surface area contributed by atoms with Gasteiger partial charge >= 0.3 is 0 Å². The average Bonchev–Trinajstić information content (AvgIpc) is 3.40. The summed E-state index contributed by atoms with van der Waals surface area (Å²) in [7, 11) is 1.62. The maximum Gasteiger partial charge on any atom is 0.226 e. The van der Waals surface area contributed by atoms with Gasteiger partial charge in [0.05, 0.1) is 19.4 Å². The van der Waals surface area contributed by atoms with Crippen LogP contribution in [0, 0.1) is 12.8 Å². The van der Waals surface area contributed by atoms with Crippen molar-refractivity contribution in [1.29, 1.82) is 0 Å². The quantitative estimate of drug-likeness (QED) is 0.484. The molecule has 1 aromatic carbocycles. The van der Waals surface area contributed by atoms with Crippen molar-refractivity contribution in [2.24, 2.45) is 5.92 Å². The van der Waals surface area contributed by atoms with Gasteiger partial charge in [-0.1, -0.05) is 26.0 Å². The number of para-hydroxylation sites is 1. The SMILES string of the molecule is COc1cccc([C@H]2CC(=O)Nc3c2c(C)nn3-c2ccc3nncn3n2)c1OCC(C)C. The molecule has 0 bridgehead atoms. The van der Waals surface area contributed by atoms with Crippen LogP contribution >= 0.6 is 0 Å². The summed E-state index contributed by atoms with van der Waals surface area (Å²) in [4.78, 5) is 12.8. The van der Waals surface area contributed by atoms with Crippen LogP contribution in [0.2, 0.25) is 0 Å². The predicted octanol–water partition coefficient (Wildman–Crippen LogP) is 3.14. The normalized spacial score (nSPS) is 15.5. The lowest BCUT2D eigenvalue weighted by atomic mass is 9.85. The number of aryl methyl sites for hydroxylation is 1. The number of aromatic nitrogens is 6. The Morgan fingerprint density at radius 3 is 2.85 bits per heavy atom. The standard InChI is InChI=1S/C23H25N7O3/c1-13(2)11-33-22-15(6-5-7-17(22)32-4)16-10-20(31)25-23-21(16)14(3)27-30(23)19-9-8-18-26-24-12-29(18)28-19/h5-9,12-13,16H,10-11H2,1-4H3,(H,25,31)/t16-/m1/s1. The Balaban J connectivity index is 1.64. The zero-order valence-corrected chi connectivity index (χ0v) is 18.9. The van der Waals surface area contributed by atoms with Crippen molar-refractivity contribution in [1.82, 2.24) is 29.6 Å². The summed E-state index contributed by atoms with van der Waals surface area (Å²) >= 11 is 0. The molecule has 0 radical (unpaired) electrons. The van der Waals surface area contributed by atoms with E-state index in [0.29, 0.717) is 41.3 Å². The Kier molecular flexibility index (Phi) is 5.20. The van der Waals surface area contributed by atoms with E-state index in [1.54, 1.807) is 28.4 Å². The molecule has 4 aromatic rings. The number of nitrogens with zero attached hydrogens (tertiary/aromatic N) is 6. The Hall–Kier alpha value is -3.95. The molecular formula is C23H25N7O3. The maximum absolute atomic E-state index is 12.8. The molecule has 10 heteroatoms. The molecule has 5 rings (SSSR count). The first-order valence-corrected chi connectivity index (χ1v) is 10.8. The molecule has 1 N–H and O–H groups in total. The van der Waals surface area contributed by atoms with Crippen molar-refractivity contribution in [3.63, 3.8) is 0 Å². The Morgan fingerprint density at radius 2 is 2.06 bits per heavy atom. The van der Waals surface area contributed by atoms with Crippen molar-refractivity contribution in [3.05, 3.63) is 53.5 Å². The van der Waals surface area contributed by atoms with Crippen molar-refractivity contribution in [2.75, 3.05) is 19.0 Å². The van der Waals surface area contributed by atoms with Crippen LogP contribution in [0.3, 0.4) is 0 Å². The van der Waals surface area contributed by atoms with Gasteiger partial charge in [0.25, 0.3) is 0 Å². The molecule has 1 aliphatic rings. The van der Waals surface area contributed by atoms with Crippen LogP contribution in [0.15, 0.2) is 36.7 Å². The highest BCUT2D eigenvalue weighted by molar-refractivity contribution is 5.95. The number of rotatable bonds is 6. The van der Waals surface area contributed by atoms with Gasteiger partial charge in [0, 0.05) is 23.5 Å². The zero-order chi connectivity index (χ0) is 23.1. The molecular weight excluding hydrogens is 422 g/mol. The smallest absolute Gasteiger partial charge is 0.226 e. The molecule has 1 aliphatic heterocycles.